The van der Waals surface area contributed by atoms with E-state index in [0.29, 0.717) is 12.8 Å². The van der Waals surface area contributed by atoms with Gasteiger partial charge in [-0.25, -0.2) is 4.57 Å². The van der Waals surface area contributed by atoms with Crippen LogP contribution in [-0.2, 0) is 32.7 Å². The van der Waals surface area contributed by atoms with Crippen LogP contribution >= 0.6 is 7.82 Å². The molecule has 0 radical (unpaired) electrons. The van der Waals surface area contributed by atoms with Crippen molar-refractivity contribution in [3.63, 3.8) is 0 Å². The van der Waals surface area contributed by atoms with Crippen LogP contribution in [0.25, 0.3) is 0 Å². The first-order valence-corrected chi connectivity index (χ1v) is 18.1. The van der Waals surface area contributed by atoms with Gasteiger partial charge in [0.15, 0.2) is 6.10 Å². The predicted octanol–water partition coefficient (Wildman–Crippen LogP) is 8.43. The smallest absolute Gasteiger partial charge is 0.462 e. The highest BCUT2D eigenvalue weighted by molar-refractivity contribution is 7.47. The molecule has 9 nitrogen and oxygen atoms in total. The van der Waals surface area contributed by atoms with Crippen molar-refractivity contribution >= 4 is 19.8 Å². The van der Waals surface area contributed by atoms with Gasteiger partial charge in [0.05, 0.1) is 13.2 Å². The molecule has 254 valence electrons. The first kappa shape index (κ1) is 42.0. The van der Waals surface area contributed by atoms with E-state index in [1.165, 1.54) is 25.7 Å². The molecule has 0 aromatic heterocycles. The molecule has 3 N–H and O–H groups in total. The number of ether oxygens (including phenoxy) is 2. The maximum atomic E-state index is 12.4. The second kappa shape index (κ2) is 31.0. The summed E-state index contributed by atoms with van der Waals surface area (Å²) in [5.74, 6) is -0.885. The molecular formula is C34H60NO8P. The maximum absolute atomic E-state index is 12.4. The lowest BCUT2D eigenvalue weighted by Crippen LogP contribution is -2.29. The van der Waals surface area contributed by atoms with Crippen LogP contribution in [0.2, 0.25) is 0 Å². The second-order valence-electron chi connectivity index (χ2n) is 10.7. The molecule has 0 aliphatic heterocycles. The highest BCUT2D eigenvalue weighted by atomic mass is 31.2. The number of hydrogen-bond acceptors (Lipinski definition) is 8. The second-order valence-corrected chi connectivity index (χ2v) is 12.1. The minimum absolute atomic E-state index is 0.0496. The lowest BCUT2D eigenvalue weighted by atomic mass is 10.1. The number of rotatable bonds is 30. The van der Waals surface area contributed by atoms with Crippen LogP contribution in [0.5, 0.6) is 0 Å². The fourth-order valence-electron chi connectivity index (χ4n) is 4.01. The van der Waals surface area contributed by atoms with Gasteiger partial charge in [0.25, 0.3) is 0 Å². The number of phosphoric acid groups is 1. The molecule has 0 aliphatic carbocycles. The third-order valence-corrected chi connectivity index (χ3v) is 7.46. The summed E-state index contributed by atoms with van der Waals surface area (Å²) in [7, 11) is -4.35. The fourth-order valence-corrected chi connectivity index (χ4v) is 4.78. The van der Waals surface area contributed by atoms with Crippen LogP contribution in [0, 0.1) is 0 Å². The Labute approximate surface area is 266 Å². The number of hydrogen-bond donors (Lipinski definition) is 2. The van der Waals surface area contributed by atoms with E-state index < -0.39 is 32.5 Å². The SMILES string of the molecule is CC/C=C\C/C=C\C/C=C\C/C=C\CCCCCCCCCCC(=O)OC(COC(=O)CCCC)COP(=O)(O)OCCN. The van der Waals surface area contributed by atoms with Crippen LogP contribution in [0.4, 0.5) is 0 Å². The molecule has 2 unspecified atom stereocenters. The third-order valence-electron chi connectivity index (χ3n) is 6.48. The van der Waals surface area contributed by atoms with Crippen LogP contribution < -0.4 is 5.73 Å². The van der Waals surface area contributed by atoms with Crippen molar-refractivity contribution in [2.45, 2.75) is 129 Å². The van der Waals surface area contributed by atoms with Gasteiger partial charge in [-0.15, -0.1) is 0 Å². The fraction of sp³-hybridized carbons (Fsp3) is 0.706. The number of carbonyl (C=O) groups is 2. The summed E-state index contributed by atoms with van der Waals surface area (Å²) in [6.07, 6.45) is 32.6. The Morgan fingerprint density at radius 1 is 0.705 bits per heavy atom. The molecule has 0 amide bonds. The lowest BCUT2D eigenvalue weighted by Gasteiger charge is -2.19. The molecule has 0 saturated heterocycles. The summed E-state index contributed by atoms with van der Waals surface area (Å²) < 4.78 is 32.1. The Kier molecular flexibility index (Phi) is 29.5. The van der Waals surface area contributed by atoms with Crippen molar-refractivity contribution in [3.05, 3.63) is 48.6 Å². The molecule has 2 atom stereocenters. The zero-order valence-electron chi connectivity index (χ0n) is 27.4. The van der Waals surface area contributed by atoms with E-state index in [1.807, 2.05) is 6.92 Å². The van der Waals surface area contributed by atoms with Gasteiger partial charge in [0.1, 0.15) is 6.61 Å². The predicted molar refractivity (Wildman–Crippen MR) is 178 cm³/mol. The molecule has 0 spiro atoms. The van der Waals surface area contributed by atoms with E-state index in [9.17, 15) is 19.0 Å². The van der Waals surface area contributed by atoms with Gasteiger partial charge < -0.3 is 20.1 Å². The highest BCUT2D eigenvalue weighted by Crippen LogP contribution is 2.43. The molecule has 0 heterocycles. The summed E-state index contributed by atoms with van der Waals surface area (Å²) in [6.45, 7) is 3.31. The number of unbranched alkanes of at least 4 members (excludes halogenated alkanes) is 9. The first-order chi connectivity index (χ1) is 21.3. The Bertz CT molecular complexity index is 871. The van der Waals surface area contributed by atoms with Gasteiger partial charge in [-0.3, -0.25) is 18.6 Å². The summed E-state index contributed by atoms with van der Waals surface area (Å²) in [5.41, 5.74) is 5.28. The largest absolute Gasteiger partial charge is 0.472 e. The van der Waals surface area contributed by atoms with Gasteiger partial charge in [-0.1, -0.05) is 107 Å². The van der Waals surface area contributed by atoms with Crippen molar-refractivity contribution in [3.8, 4) is 0 Å². The average Bonchev–Trinajstić information content (AvgIpc) is 3.01. The third kappa shape index (κ3) is 30.0. The van der Waals surface area contributed by atoms with Gasteiger partial charge in [-0.2, -0.15) is 0 Å². The zero-order chi connectivity index (χ0) is 32.6. The lowest BCUT2D eigenvalue weighted by molar-refractivity contribution is -0.161. The summed E-state index contributed by atoms with van der Waals surface area (Å²) in [5, 5.41) is 0. The van der Waals surface area contributed by atoms with Crippen LogP contribution in [0.15, 0.2) is 48.6 Å². The van der Waals surface area contributed by atoms with E-state index >= 15 is 0 Å². The number of phosphoric ester groups is 1. The van der Waals surface area contributed by atoms with Crippen molar-refractivity contribution < 1.29 is 37.6 Å². The molecule has 44 heavy (non-hydrogen) atoms. The molecular weight excluding hydrogens is 581 g/mol. The molecule has 0 bridgehead atoms. The molecule has 10 heteroatoms. The Hall–Kier alpha value is -2.03. The van der Waals surface area contributed by atoms with Gasteiger partial charge in [0, 0.05) is 19.4 Å². The van der Waals surface area contributed by atoms with Crippen LogP contribution in [0.1, 0.15) is 123 Å². The molecule has 0 aliphatic rings. The highest BCUT2D eigenvalue weighted by Gasteiger charge is 2.25. The topological polar surface area (TPSA) is 134 Å². The van der Waals surface area contributed by atoms with E-state index in [1.54, 1.807) is 0 Å². The van der Waals surface area contributed by atoms with Crippen molar-refractivity contribution in [2.24, 2.45) is 5.73 Å². The summed E-state index contributed by atoms with van der Waals surface area (Å²) >= 11 is 0. The first-order valence-electron chi connectivity index (χ1n) is 16.6. The number of esters is 2. The summed E-state index contributed by atoms with van der Waals surface area (Å²) in [6, 6.07) is 0. The van der Waals surface area contributed by atoms with Gasteiger partial charge >= 0.3 is 19.8 Å². The van der Waals surface area contributed by atoms with E-state index in [2.05, 4.69) is 55.5 Å². The van der Waals surface area contributed by atoms with E-state index in [-0.39, 0.29) is 32.6 Å². The molecule has 0 aromatic rings. The Morgan fingerprint density at radius 3 is 1.84 bits per heavy atom. The average molecular weight is 642 g/mol. The zero-order valence-corrected chi connectivity index (χ0v) is 28.3. The summed E-state index contributed by atoms with van der Waals surface area (Å²) in [4.78, 5) is 33.9. The number of allylic oxidation sites excluding steroid dienone is 8. The standard InChI is InChI=1S/C34H60NO8P/c1-3-5-7-8-9-10-11-12-13-14-15-16-17-18-19-20-21-22-23-24-25-27-34(37)43-32(30-40-33(36)26-6-4-2)31-42-44(38,39)41-29-28-35/h5,7,9-10,12-13,15-16,32H,3-4,6,8,11,14,17-31,35H2,1-2H3,(H,38,39)/b7-5-,10-9-,13-12-,16-15-. The van der Waals surface area contributed by atoms with Crippen LogP contribution in [-0.4, -0.2) is 49.3 Å². The Morgan fingerprint density at radius 2 is 1.25 bits per heavy atom. The molecule has 0 saturated carbocycles. The van der Waals surface area contributed by atoms with Gasteiger partial charge in [0.2, 0.25) is 0 Å². The Balaban J connectivity index is 3.99. The van der Waals surface area contributed by atoms with Crippen molar-refractivity contribution in [1.82, 2.24) is 0 Å². The van der Waals surface area contributed by atoms with Crippen molar-refractivity contribution in [2.75, 3.05) is 26.4 Å². The van der Waals surface area contributed by atoms with Crippen LogP contribution in [0.3, 0.4) is 0 Å². The quantitative estimate of drug-likeness (QED) is 0.0343. The molecule has 0 fully saturated rings. The van der Waals surface area contributed by atoms with Crippen molar-refractivity contribution in [1.29, 1.82) is 0 Å². The molecule has 0 rings (SSSR count). The normalized spacial score (nSPS) is 14.2. The van der Waals surface area contributed by atoms with Gasteiger partial charge in [-0.05, 0) is 51.4 Å². The van der Waals surface area contributed by atoms with E-state index in [4.69, 9.17) is 24.3 Å². The number of carbonyl (C=O) groups excluding carboxylic acids is 2. The monoisotopic (exact) mass is 641 g/mol. The number of nitrogens with two attached hydrogens (primary N) is 1. The molecule has 0 aromatic carbocycles. The maximum Gasteiger partial charge on any atom is 0.472 e. The van der Waals surface area contributed by atoms with E-state index in [0.717, 1.165) is 57.8 Å². The minimum atomic E-state index is -4.35. The minimum Gasteiger partial charge on any atom is -0.462 e.